The molecular formula is C20H26N2O4. The highest BCUT2D eigenvalue weighted by Crippen LogP contribution is 2.29. The number of nitrogens with one attached hydrogen (secondary N) is 1. The normalized spacial score (nSPS) is 21.7. The first-order valence-corrected chi connectivity index (χ1v) is 9.35. The SMILES string of the molecule is C[C@@H](NC(=O)COC(=O)[C@H]1CC(=O)N(C2CCCC2)C1)c1ccccc1. The Bertz CT molecular complexity index is 655. The van der Waals surface area contributed by atoms with Gasteiger partial charge in [-0.1, -0.05) is 43.2 Å². The maximum atomic E-state index is 12.2. The van der Waals surface area contributed by atoms with E-state index in [2.05, 4.69) is 5.32 Å². The fourth-order valence-electron chi connectivity index (χ4n) is 3.82. The molecule has 1 heterocycles. The molecule has 1 aromatic rings. The summed E-state index contributed by atoms with van der Waals surface area (Å²) < 4.78 is 5.15. The van der Waals surface area contributed by atoms with Gasteiger partial charge in [0, 0.05) is 19.0 Å². The third-order valence-electron chi connectivity index (χ3n) is 5.28. The van der Waals surface area contributed by atoms with Crippen LogP contribution >= 0.6 is 0 Å². The summed E-state index contributed by atoms with van der Waals surface area (Å²) in [6.45, 7) is 1.98. The fourth-order valence-corrected chi connectivity index (χ4v) is 3.82. The van der Waals surface area contributed by atoms with Gasteiger partial charge in [0.15, 0.2) is 6.61 Å². The van der Waals surface area contributed by atoms with Crippen molar-refractivity contribution in [2.24, 2.45) is 5.92 Å². The number of ether oxygens (including phenoxy) is 1. The molecule has 0 spiro atoms. The van der Waals surface area contributed by atoms with Crippen molar-refractivity contribution in [3.63, 3.8) is 0 Å². The van der Waals surface area contributed by atoms with Crippen LogP contribution in [0, 0.1) is 5.92 Å². The van der Waals surface area contributed by atoms with Gasteiger partial charge in [-0.05, 0) is 25.3 Å². The first-order valence-electron chi connectivity index (χ1n) is 9.35. The van der Waals surface area contributed by atoms with Gasteiger partial charge in [0.1, 0.15) is 0 Å². The van der Waals surface area contributed by atoms with Gasteiger partial charge in [-0.25, -0.2) is 0 Å². The van der Waals surface area contributed by atoms with Gasteiger partial charge in [0.05, 0.1) is 12.0 Å². The van der Waals surface area contributed by atoms with Crippen LogP contribution in [-0.2, 0) is 19.1 Å². The highest BCUT2D eigenvalue weighted by Gasteiger charge is 2.39. The van der Waals surface area contributed by atoms with E-state index >= 15 is 0 Å². The summed E-state index contributed by atoms with van der Waals surface area (Å²) in [5, 5.41) is 2.81. The molecule has 1 saturated carbocycles. The number of rotatable bonds is 6. The number of likely N-dealkylation sites (tertiary alicyclic amines) is 1. The Morgan fingerprint density at radius 1 is 1.23 bits per heavy atom. The lowest BCUT2D eigenvalue weighted by molar-refractivity contribution is -0.152. The van der Waals surface area contributed by atoms with Crippen LogP contribution in [0.2, 0.25) is 0 Å². The summed E-state index contributed by atoms with van der Waals surface area (Å²) in [5.74, 6) is -1.23. The Labute approximate surface area is 153 Å². The zero-order chi connectivity index (χ0) is 18.5. The van der Waals surface area contributed by atoms with Gasteiger partial charge in [0.25, 0.3) is 5.91 Å². The summed E-state index contributed by atoms with van der Waals surface area (Å²) in [5.41, 5.74) is 0.987. The molecule has 2 amide bonds. The van der Waals surface area contributed by atoms with E-state index in [9.17, 15) is 14.4 Å². The molecule has 1 aliphatic carbocycles. The van der Waals surface area contributed by atoms with Crippen LogP contribution < -0.4 is 5.32 Å². The van der Waals surface area contributed by atoms with Crippen LogP contribution in [0.25, 0.3) is 0 Å². The minimum Gasteiger partial charge on any atom is -0.455 e. The Morgan fingerprint density at radius 3 is 2.62 bits per heavy atom. The summed E-state index contributed by atoms with van der Waals surface area (Å²) in [4.78, 5) is 38.2. The highest BCUT2D eigenvalue weighted by atomic mass is 16.5. The summed E-state index contributed by atoms with van der Waals surface area (Å²) in [6.07, 6.45) is 4.52. The second-order valence-corrected chi connectivity index (χ2v) is 7.19. The van der Waals surface area contributed by atoms with Crippen LogP contribution in [0.1, 0.15) is 50.6 Å². The van der Waals surface area contributed by atoms with E-state index in [1.165, 1.54) is 0 Å². The van der Waals surface area contributed by atoms with Crippen LogP contribution in [0.4, 0.5) is 0 Å². The Morgan fingerprint density at radius 2 is 1.92 bits per heavy atom. The number of hydrogen-bond donors (Lipinski definition) is 1. The Kier molecular flexibility index (Phi) is 5.91. The molecule has 2 aliphatic rings. The zero-order valence-corrected chi connectivity index (χ0v) is 15.1. The molecule has 1 aromatic carbocycles. The second-order valence-electron chi connectivity index (χ2n) is 7.19. The van der Waals surface area contributed by atoms with Gasteiger partial charge in [-0.15, -0.1) is 0 Å². The van der Waals surface area contributed by atoms with E-state index in [4.69, 9.17) is 4.74 Å². The van der Waals surface area contributed by atoms with Gasteiger partial charge in [-0.3, -0.25) is 14.4 Å². The van der Waals surface area contributed by atoms with Crippen LogP contribution in [0.3, 0.4) is 0 Å². The number of amides is 2. The monoisotopic (exact) mass is 358 g/mol. The average Bonchev–Trinajstić information content (AvgIpc) is 3.29. The lowest BCUT2D eigenvalue weighted by Crippen LogP contribution is -2.35. The predicted octanol–water partition coefficient (Wildman–Crippen LogP) is 2.20. The third kappa shape index (κ3) is 4.42. The molecule has 6 heteroatoms. The summed E-state index contributed by atoms with van der Waals surface area (Å²) in [7, 11) is 0. The first-order chi connectivity index (χ1) is 12.5. The molecule has 2 atom stereocenters. The summed E-state index contributed by atoms with van der Waals surface area (Å²) >= 11 is 0. The topological polar surface area (TPSA) is 75.7 Å². The summed E-state index contributed by atoms with van der Waals surface area (Å²) in [6, 6.07) is 9.70. The molecule has 1 aliphatic heterocycles. The molecule has 0 unspecified atom stereocenters. The standard InChI is InChI=1S/C20H26N2O4/c1-14(15-7-3-2-4-8-15)21-18(23)13-26-20(25)16-11-19(24)22(12-16)17-9-5-6-10-17/h2-4,7-8,14,16-17H,5-6,9-13H2,1H3,(H,21,23)/t14-,16+/m1/s1. The van der Waals surface area contributed by atoms with E-state index in [1.54, 1.807) is 0 Å². The van der Waals surface area contributed by atoms with Gasteiger partial charge in [-0.2, -0.15) is 0 Å². The minimum atomic E-state index is -0.457. The van der Waals surface area contributed by atoms with Gasteiger partial charge < -0.3 is 15.0 Å². The van der Waals surface area contributed by atoms with Crippen molar-refractivity contribution >= 4 is 17.8 Å². The van der Waals surface area contributed by atoms with Crippen molar-refractivity contribution in [1.29, 1.82) is 0 Å². The Balaban J connectivity index is 1.43. The number of hydrogen-bond acceptors (Lipinski definition) is 4. The van der Waals surface area contributed by atoms with Crippen molar-refractivity contribution in [2.45, 2.75) is 51.1 Å². The van der Waals surface area contributed by atoms with Crippen LogP contribution in [0.15, 0.2) is 30.3 Å². The van der Waals surface area contributed by atoms with E-state index in [0.717, 1.165) is 31.2 Å². The average molecular weight is 358 g/mol. The van der Waals surface area contributed by atoms with Crippen molar-refractivity contribution in [3.8, 4) is 0 Å². The van der Waals surface area contributed by atoms with Crippen LogP contribution in [0.5, 0.6) is 0 Å². The van der Waals surface area contributed by atoms with Crippen molar-refractivity contribution in [3.05, 3.63) is 35.9 Å². The number of nitrogens with zero attached hydrogens (tertiary/aromatic N) is 1. The lowest BCUT2D eigenvalue weighted by atomic mass is 10.1. The molecule has 6 nitrogen and oxygen atoms in total. The van der Waals surface area contributed by atoms with Gasteiger partial charge >= 0.3 is 5.97 Å². The first kappa shape index (κ1) is 18.4. The molecule has 3 rings (SSSR count). The van der Waals surface area contributed by atoms with Crippen molar-refractivity contribution in [1.82, 2.24) is 10.2 Å². The molecule has 0 radical (unpaired) electrons. The maximum absolute atomic E-state index is 12.2. The van der Waals surface area contributed by atoms with E-state index in [1.807, 2.05) is 42.2 Å². The quantitative estimate of drug-likeness (QED) is 0.791. The smallest absolute Gasteiger partial charge is 0.311 e. The van der Waals surface area contributed by atoms with Crippen LogP contribution in [-0.4, -0.2) is 41.9 Å². The van der Waals surface area contributed by atoms with Gasteiger partial charge in [0.2, 0.25) is 5.91 Å². The molecule has 0 bridgehead atoms. The molecule has 0 aromatic heterocycles. The molecule has 1 saturated heterocycles. The molecule has 26 heavy (non-hydrogen) atoms. The molecular weight excluding hydrogens is 332 g/mol. The second kappa shape index (κ2) is 8.34. The number of esters is 1. The number of benzene rings is 1. The van der Waals surface area contributed by atoms with E-state index < -0.39 is 11.9 Å². The fraction of sp³-hybridized carbons (Fsp3) is 0.550. The van der Waals surface area contributed by atoms with Crippen molar-refractivity contribution < 1.29 is 19.1 Å². The molecule has 2 fully saturated rings. The van der Waals surface area contributed by atoms with E-state index in [-0.39, 0.29) is 36.9 Å². The number of carbonyl (C=O) groups is 3. The largest absolute Gasteiger partial charge is 0.455 e. The highest BCUT2D eigenvalue weighted by molar-refractivity contribution is 5.88. The molecule has 1 N–H and O–H groups in total. The minimum absolute atomic E-state index is 0.0287. The Hall–Kier alpha value is -2.37. The maximum Gasteiger partial charge on any atom is 0.311 e. The zero-order valence-electron chi connectivity index (χ0n) is 15.1. The van der Waals surface area contributed by atoms with E-state index in [0.29, 0.717) is 6.54 Å². The van der Waals surface area contributed by atoms with Crippen molar-refractivity contribution in [2.75, 3.05) is 13.2 Å². The lowest BCUT2D eigenvalue weighted by Gasteiger charge is -2.23. The predicted molar refractivity (Wildman–Crippen MR) is 96.0 cm³/mol. The molecule has 140 valence electrons. The third-order valence-corrected chi connectivity index (χ3v) is 5.28. The number of carbonyl (C=O) groups excluding carboxylic acids is 3.